The number of para-hydroxylation sites is 2. The van der Waals surface area contributed by atoms with Crippen molar-refractivity contribution in [2.45, 2.75) is 51.4 Å². The van der Waals surface area contributed by atoms with Gasteiger partial charge in [0.05, 0.1) is 11.4 Å². The molecule has 0 aliphatic rings. The monoisotopic (exact) mass is 368 g/mol. The molecular formula is C22H28N2O3. The van der Waals surface area contributed by atoms with Gasteiger partial charge < -0.3 is 5.11 Å². The molecule has 0 radical (unpaired) electrons. The van der Waals surface area contributed by atoms with Crippen molar-refractivity contribution < 1.29 is 14.7 Å². The number of hydrazine groups is 1. The Morgan fingerprint density at radius 1 is 0.741 bits per heavy atom. The first-order valence-electron chi connectivity index (χ1n) is 9.58. The van der Waals surface area contributed by atoms with Crippen LogP contribution in [-0.4, -0.2) is 17.0 Å². The fourth-order valence-corrected chi connectivity index (χ4v) is 2.86. The number of benzene rings is 2. The molecule has 0 atom stereocenters. The maximum absolute atomic E-state index is 12.8. The summed E-state index contributed by atoms with van der Waals surface area (Å²) in [6.45, 7) is 0. The van der Waals surface area contributed by atoms with Crippen LogP contribution in [0, 0.1) is 0 Å². The zero-order chi connectivity index (χ0) is 19.3. The molecular weight excluding hydrogens is 340 g/mol. The van der Waals surface area contributed by atoms with Crippen LogP contribution in [0.1, 0.15) is 51.4 Å². The van der Waals surface area contributed by atoms with Gasteiger partial charge in [-0.3, -0.25) is 15.0 Å². The van der Waals surface area contributed by atoms with E-state index in [0.29, 0.717) is 6.42 Å². The number of hydrogen-bond acceptors (Lipinski definition) is 3. The standard InChI is InChI=1S/C22H28N2O3/c25-21(17-11-3-1-2-4-12-18-22(26)27)24(20-15-9-6-10-16-20)23-19-13-7-5-8-14-19/h5-10,13-16,23H,1-4,11-12,17-18H2,(H,26,27). The summed E-state index contributed by atoms with van der Waals surface area (Å²) in [7, 11) is 0. The maximum atomic E-state index is 12.8. The van der Waals surface area contributed by atoms with E-state index >= 15 is 0 Å². The molecule has 2 N–H and O–H groups in total. The molecule has 0 aliphatic heterocycles. The highest BCUT2D eigenvalue weighted by molar-refractivity contribution is 5.95. The van der Waals surface area contributed by atoms with Crippen LogP contribution in [0.5, 0.6) is 0 Å². The van der Waals surface area contributed by atoms with E-state index in [0.717, 1.165) is 49.9 Å². The number of amides is 1. The summed E-state index contributed by atoms with van der Waals surface area (Å²) in [5, 5.41) is 10.2. The number of unbranched alkanes of at least 4 members (excludes halogenated alkanes) is 5. The Hall–Kier alpha value is -2.82. The lowest BCUT2D eigenvalue weighted by Gasteiger charge is -2.24. The quantitative estimate of drug-likeness (QED) is 0.396. The molecule has 0 saturated carbocycles. The zero-order valence-electron chi connectivity index (χ0n) is 15.6. The molecule has 1 amide bonds. The highest BCUT2D eigenvalue weighted by atomic mass is 16.4. The number of rotatable bonds is 12. The molecule has 0 fully saturated rings. The van der Waals surface area contributed by atoms with E-state index in [-0.39, 0.29) is 12.3 Å². The third kappa shape index (κ3) is 7.94. The van der Waals surface area contributed by atoms with E-state index in [1.807, 2.05) is 60.7 Å². The smallest absolute Gasteiger partial charge is 0.303 e. The second kappa shape index (κ2) is 11.7. The molecule has 2 rings (SSSR count). The Bertz CT molecular complexity index is 689. The summed E-state index contributed by atoms with van der Waals surface area (Å²) in [6, 6.07) is 19.3. The first-order chi connectivity index (χ1) is 13.2. The molecule has 0 aromatic heterocycles. The predicted octanol–water partition coefficient (Wildman–Crippen LogP) is 5.25. The fraction of sp³-hybridized carbons (Fsp3) is 0.364. The minimum atomic E-state index is -0.729. The van der Waals surface area contributed by atoms with Crippen LogP contribution >= 0.6 is 0 Å². The van der Waals surface area contributed by atoms with Crippen molar-refractivity contribution >= 4 is 23.3 Å². The van der Waals surface area contributed by atoms with Gasteiger partial charge in [-0.1, -0.05) is 62.1 Å². The van der Waals surface area contributed by atoms with Crippen molar-refractivity contribution in [3.8, 4) is 0 Å². The molecule has 5 nitrogen and oxygen atoms in total. The minimum absolute atomic E-state index is 0.0379. The molecule has 5 heteroatoms. The lowest BCUT2D eigenvalue weighted by atomic mass is 10.1. The van der Waals surface area contributed by atoms with Gasteiger partial charge in [0.25, 0.3) is 0 Å². The Balaban J connectivity index is 1.79. The number of anilines is 2. The molecule has 0 saturated heterocycles. The van der Waals surface area contributed by atoms with Crippen molar-refractivity contribution in [1.82, 2.24) is 0 Å². The van der Waals surface area contributed by atoms with E-state index in [4.69, 9.17) is 5.11 Å². The minimum Gasteiger partial charge on any atom is -0.481 e. The number of carbonyl (C=O) groups is 2. The Morgan fingerprint density at radius 3 is 1.85 bits per heavy atom. The van der Waals surface area contributed by atoms with Crippen LogP contribution in [0.2, 0.25) is 0 Å². The van der Waals surface area contributed by atoms with Crippen molar-refractivity contribution in [2.75, 3.05) is 10.4 Å². The lowest BCUT2D eigenvalue weighted by molar-refractivity contribution is -0.137. The van der Waals surface area contributed by atoms with Gasteiger partial charge >= 0.3 is 5.97 Å². The Kier molecular flexibility index (Phi) is 8.90. The van der Waals surface area contributed by atoms with Gasteiger partial charge in [-0.2, -0.15) is 0 Å². The molecule has 2 aromatic carbocycles. The summed E-state index contributed by atoms with van der Waals surface area (Å²) < 4.78 is 0. The third-order valence-electron chi connectivity index (χ3n) is 4.31. The molecule has 2 aromatic rings. The van der Waals surface area contributed by atoms with Gasteiger partial charge in [-0.25, -0.2) is 5.01 Å². The van der Waals surface area contributed by atoms with Crippen LogP contribution in [0.4, 0.5) is 11.4 Å². The normalized spacial score (nSPS) is 10.4. The largest absolute Gasteiger partial charge is 0.481 e. The SMILES string of the molecule is O=C(O)CCCCCCCCC(=O)N(Nc1ccccc1)c1ccccc1. The average Bonchev–Trinajstić information content (AvgIpc) is 2.69. The van der Waals surface area contributed by atoms with E-state index in [1.54, 1.807) is 5.01 Å². The molecule has 144 valence electrons. The molecule has 0 heterocycles. The summed E-state index contributed by atoms with van der Waals surface area (Å²) in [5.74, 6) is -0.691. The fourth-order valence-electron chi connectivity index (χ4n) is 2.86. The summed E-state index contributed by atoms with van der Waals surface area (Å²) in [4.78, 5) is 23.2. The van der Waals surface area contributed by atoms with E-state index < -0.39 is 5.97 Å². The number of carbonyl (C=O) groups excluding carboxylic acids is 1. The zero-order valence-corrected chi connectivity index (χ0v) is 15.6. The molecule has 27 heavy (non-hydrogen) atoms. The third-order valence-corrected chi connectivity index (χ3v) is 4.31. The van der Waals surface area contributed by atoms with Gasteiger partial charge in [-0.15, -0.1) is 0 Å². The number of aliphatic carboxylic acids is 1. The van der Waals surface area contributed by atoms with Crippen LogP contribution in [-0.2, 0) is 9.59 Å². The van der Waals surface area contributed by atoms with E-state index in [1.165, 1.54) is 0 Å². The Morgan fingerprint density at radius 2 is 1.26 bits per heavy atom. The number of hydrogen-bond donors (Lipinski definition) is 2. The van der Waals surface area contributed by atoms with Crippen LogP contribution in [0.15, 0.2) is 60.7 Å². The molecule has 0 spiro atoms. The van der Waals surface area contributed by atoms with Crippen molar-refractivity contribution in [2.24, 2.45) is 0 Å². The van der Waals surface area contributed by atoms with Gasteiger partial charge in [-0.05, 0) is 37.1 Å². The first-order valence-corrected chi connectivity index (χ1v) is 9.58. The maximum Gasteiger partial charge on any atom is 0.303 e. The molecule has 0 bridgehead atoms. The van der Waals surface area contributed by atoms with Gasteiger partial charge in [0, 0.05) is 12.8 Å². The van der Waals surface area contributed by atoms with Crippen LogP contribution in [0.25, 0.3) is 0 Å². The number of nitrogens with zero attached hydrogens (tertiary/aromatic N) is 1. The first kappa shape index (κ1) is 20.5. The topological polar surface area (TPSA) is 69.6 Å². The van der Waals surface area contributed by atoms with Crippen molar-refractivity contribution in [3.05, 3.63) is 60.7 Å². The summed E-state index contributed by atoms with van der Waals surface area (Å²) >= 11 is 0. The summed E-state index contributed by atoms with van der Waals surface area (Å²) in [5.41, 5.74) is 4.89. The molecule has 0 aliphatic carbocycles. The number of nitrogens with one attached hydrogen (secondary N) is 1. The van der Waals surface area contributed by atoms with Gasteiger partial charge in [0.1, 0.15) is 0 Å². The number of carboxylic acids is 1. The second-order valence-corrected chi connectivity index (χ2v) is 6.56. The van der Waals surface area contributed by atoms with Crippen LogP contribution < -0.4 is 10.4 Å². The van der Waals surface area contributed by atoms with Gasteiger partial charge in [0.2, 0.25) is 5.91 Å². The van der Waals surface area contributed by atoms with Gasteiger partial charge in [0.15, 0.2) is 0 Å². The predicted molar refractivity (Wildman–Crippen MR) is 109 cm³/mol. The highest BCUT2D eigenvalue weighted by Gasteiger charge is 2.15. The Labute approximate surface area is 161 Å². The summed E-state index contributed by atoms with van der Waals surface area (Å²) in [6.07, 6.45) is 6.25. The second-order valence-electron chi connectivity index (χ2n) is 6.56. The van der Waals surface area contributed by atoms with Crippen molar-refractivity contribution in [3.63, 3.8) is 0 Å². The van der Waals surface area contributed by atoms with E-state index in [2.05, 4.69) is 5.43 Å². The number of carboxylic acid groups (broad SMARTS) is 1. The van der Waals surface area contributed by atoms with Crippen molar-refractivity contribution in [1.29, 1.82) is 0 Å². The molecule has 0 unspecified atom stereocenters. The van der Waals surface area contributed by atoms with E-state index in [9.17, 15) is 9.59 Å². The lowest BCUT2D eigenvalue weighted by Crippen LogP contribution is -2.36. The highest BCUT2D eigenvalue weighted by Crippen LogP contribution is 2.18. The van der Waals surface area contributed by atoms with Crippen LogP contribution in [0.3, 0.4) is 0 Å². The average molecular weight is 368 g/mol.